The number of benzene rings is 1. The fourth-order valence-electron chi connectivity index (χ4n) is 3.18. The van der Waals surface area contributed by atoms with Crippen molar-refractivity contribution in [1.29, 1.82) is 0 Å². The highest BCUT2D eigenvalue weighted by Crippen LogP contribution is 2.39. The van der Waals surface area contributed by atoms with Crippen LogP contribution in [0.4, 0.5) is 10.2 Å². The number of pyridine rings is 1. The highest BCUT2D eigenvalue weighted by atomic mass is 19.1. The molecule has 1 heterocycles. The first-order chi connectivity index (χ1) is 12.5. The molecule has 1 aromatic heterocycles. The van der Waals surface area contributed by atoms with Crippen LogP contribution >= 0.6 is 0 Å². The standard InChI is InChI=1S/C19H22FN3O3/c1-21-17-10-12(5-6-22-17)19(25)23-18(13-7-14(24)8-13)11-3-4-16(26-2)15(20)9-11/h3-6,9-10,13-14,18,24H,7-8H2,1-2H3,(H,21,22)(H,23,25)/t13?,14?,18-/m0/s1. The minimum atomic E-state index is -0.481. The van der Waals surface area contributed by atoms with Crippen molar-refractivity contribution in [1.82, 2.24) is 10.3 Å². The molecule has 2 aromatic rings. The van der Waals surface area contributed by atoms with Crippen molar-refractivity contribution < 1.29 is 19.0 Å². The van der Waals surface area contributed by atoms with Gasteiger partial charge in [0.25, 0.3) is 5.91 Å². The largest absolute Gasteiger partial charge is 0.494 e. The van der Waals surface area contributed by atoms with Crippen LogP contribution in [-0.2, 0) is 0 Å². The lowest BCUT2D eigenvalue weighted by atomic mass is 9.75. The predicted molar refractivity (Wildman–Crippen MR) is 95.7 cm³/mol. The van der Waals surface area contributed by atoms with Crippen molar-refractivity contribution in [2.24, 2.45) is 5.92 Å². The predicted octanol–water partition coefficient (Wildman–Crippen LogP) is 2.51. The van der Waals surface area contributed by atoms with E-state index < -0.39 is 11.9 Å². The average molecular weight is 359 g/mol. The molecule has 6 nitrogen and oxygen atoms in total. The van der Waals surface area contributed by atoms with Crippen LogP contribution in [0.25, 0.3) is 0 Å². The summed E-state index contributed by atoms with van der Waals surface area (Å²) in [5, 5.41) is 15.5. The molecule has 3 N–H and O–H groups in total. The molecule has 1 fully saturated rings. The number of nitrogens with zero attached hydrogens (tertiary/aromatic N) is 1. The van der Waals surface area contributed by atoms with Crippen molar-refractivity contribution in [3.05, 3.63) is 53.5 Å². The second kappa shape index (κ2) is 7.70. The Morgan fingerprint density at radius 3 is 2.73 bits per heavy atom. The number of halogens is 1. The quantitative estimate of drug-likeness (QED) is 0.738. The molecule has 1 atom stereocenters. The van der Waals surface area contributed by atoms with Gasteiger partial charge >= 0.3 is 0 Å². The van der Waals surface area contributed by atoms with Crippen LogP contribution in [0.1, 0.15) is 34.8 Å². The van der Waals surface area contributed by atoms with Crippen LogP contribution in [0.2, 0.25) is 0 Å². The minimum Gasteiger partial charge on any atom is -0.494 e. The number of rotatable bonds is 6. The monoisotopic (exact) mass is 359 g/mol. The fraction of sp³-hybridized carbons (Fsp3) is 0.368. The van der Waals surface area contributed by atoms with Gasteiger partial charge in [-0.05, 0) is 48.6 Å². The second-order valence-corrected chi connectivity index (χ2v) is 6.41. The number of ether oxygens (including phenoxy) is 1. The Bertz CT molecular complexity index is 793. The topological polar surface area (TPSA) is 83.5 Å². The molecule has 1 amide bonds. The van der Waals surface area contributed by atoms with E-state index in [1.54, 1.807) is 37.5 Å². The van der Waals surface area contributed by atoms with E-state index in [-0.39, 0.29) is 23.7 Å². The summed E-state index contributed by atoms with van der Waals surface area (Å²) in [6.45, 7) is 0. The van der Waals surface area contributed by atoms with E-state index in [1.807, 2.05) is 0 Å². The van der Waals surface area contributed by atoms with Gasteiger partial charge in [-0.1, -0.05) is 6.07 Å². The van der Waals surface area contributed by atoms with E-state index in [2.05, 4.69) is 15.6 Å². The maximum Gasteiger partial charge on any atom is 0.251 e. The van der Waals surface area contributed by atoms with Crippen LogP contribution in [-0.4, -0.2) is 36.3 Å². The van der Waals surface area contributed by atoms with Crippen molar-refractivity contribution in [2.45, 2.75) is 25.0 Å². The van der Waals surface area contributed by atoms with Crippen LogP contribution in [0, 0.1) is 11.7 Å². The summed E-state index contributed by atoms with van der Waals surface area (Å²) in [6, 6.07) is 7.54. The zero-order chi connectivity index (χ0) is 18.7. The van der Waals surface area contributed by atoms with Gasteiger partial charge in [0.15, 0.2) is 11.6 Å². The Kier molecular flexibility index (Phi) is 5.37. The lowest BCUT2D eigenvalue weighted by Gasteiger charge is -2.38. The molecule has 1 aliphatic rings. The van der Waals surface area contributed by atoms with Gasteiger partial charge in [-0.15, -0.1) is 0 Å². The van der Waals surface area contributed by atoms with Gasteiger partial charge in [-0.2, -0.15) is 0 Å². The third-order valence-electron chi connectivity index (χ3n) is 4.72. The van der Waals surface area contributed by atoms with Crippen molar-refractivity contribution in [2.75, 3.05) is 19.5 Å². The number of aliphatic hydroxyl groups is 1. The van der Waals surface area contributed by atoms with Gasteiger partial charge in [-0.25, -0.2) is 9.37 Å². The molecule has 7 heteroatoms. The summed E-state index contributed by atoms with van der Waals surface area (Å²) in [4.78, 5) is 16.8. The number of amides is 1. The molecule has 1 aliphatic carbocycles. The second-order valence-electron chi connectivity index (χ2n) is 6.41. The first kappa shape index (κ1) is 18.1. The number of methoxy groups -OCH3 is 1. The van der Waals surface area contributed by atoms with E-state index in [4.69, 9.17) is 4.74 Å². The Morgan fingerprint density at radius 1 is 1.35 bits per heavy atom. The molecule has 0 radical (unpaired) electrons. The SMILES string of the molecule is CNc1cc(C(=O)N[C@@H](c2ccc(OC)c(F)c2)C2CC(O)C2)ccn1. The number of carbonyl (C=O) groups is 1. The smallest absolute Gasteiger partial charge is 0.251 e. The van der Waals surface area contributed by atoms with Gasteiger partial charge in [0.05, 0.1) is 19.3 Å². The van der Waals surface area contributed by atoms with Crippen molar-refractivity contribution in [3.63, 3.8) is 0 Å². The molecule has 138 valence electrons. The summed E-state index contributed by atoms with van der Waals surface area (Å²) < 4.78 is 19.1. The molecule has 0 unspecified atom stereocenters. The maximum absolute atomic E-state index is 14.1. The molecule has 0 spiro atoms. The summed E-state index contributed by atoms with van der Waals surface area (Å²) in [5.74, 6) is 0.0356. The highest BCUT2D eigenvalue weighted by molar-refractivity contribution is 5.95. The molecule has 26 heavy (non-hydrogen) atoms. The normalized spacial score (nSPS) is 20.0. The summed E-state index contributed by atoms with van der Waals surface area (Å²) in [6.07, 6.45) is 2.31. The molecular formula is C19H22FN3O3. The van der Waals surface area contributed by atoms with Crippen LogP contribution in [0.5, 0.6) is 5.75 Å². The third-order valence-corrected chi connectivity index (χ3v) is 4.72. The van der Waals surface area contributed by atoms with Crippen LogP contribution in [0.15, 0.2) is 36.5 Å². The van der Waals surface area contributed by atoms with Crippen LogP contribution < -0.4 is 15.4 Å². The summed E-state index contributed by atoms with van der Waals surface area (Å²) in [5.41, 5.74) is 1.11. The number of hydrogen-bond donors (Lipinski definition) is 3. The molecule has 0 bridgehead atoms. The molecular weight excluding hydrogens is 337 g/mol. The first-order valence-electron chi connectivity index (χ1n) is 8.48. The molecule has 3 rings (SSSR count). The number of hydrogen-bond acceptors (Lipinski definition) is 5. The molecule has 0 aliphatic heterocycles. The molecule has 1 saturated carbocycles. The van der Waals surface area contributed by atoms with Crippen LogP contribution in [0.3, 0.4) is 0 Å². The molecule has 0 saturated heterocycles. The number of nitrogens with one attached hydrogen (secondary N) is 2. The van der Waals surface area contributed by atoms with E-state index in [0.717, 1.165) is 0 Å². The molecule has 1 aromatic carbocycles. The average Bonchev–Trinajstić information content (AvgIpc) is 2.63. The van der Waals surface area contributed by atoms with E-state index in [1.165, 1.54) is 13.2 Å². The fourth-order valence-corrected chi connectivity index (χ4v) is 3.18. The van der Waals surface area contributed by atoms with Crippen molar-refractivity contribution >= 4 is 11.7 Å². The lowest BCUT2D eigenvalue weighted by Crippen LogP contribution is -2.41. The third kappa shape index (κ3) is 3.77. The van der Waals surface area contributed by atoms with Crippen molar-refractivity contribution in [3.8, 4) is 5.75 Å². The number of anilines is 1. The van der Waals surface area contributed by atoms with E-state index in [9.17, 15) is 14.3 Å². The summed E-state index contributed by atoms with van der Waals surface area (Å²) >= 11 is 0. The highest BCUT2D eigenvalue weighted by Gasteiger charge is 2.36. The van der Waals surface area contributed by atoms with Gasteiger partial charge in [0.1, 0.15) is 5.82 Å². The van der Waals surface area contributed by atoms with E-state index >= 15 is 0 Å². The Balaban J connectivity index is 1.84. The van der Waals surface area contributed by atoms with Gasteiger partial charge in [-0.3, -0.25) is 4.79 Å². The van der Waals surface area contributed by atoms with E-state index in [0.29, 0.717) is 29.8 Å². The zero-order valence-electron chi connectivity index (χ0n) is 14.7. The first-order valence-corrected chi connectivity index (χ1v) is 8.48. The maximum atomic E-state index is 14.1. The summed E-state index contributed by atoms with van der Waals surface area (Å²) in [7, 11) is 3.13. The Labute approximate surface area is 151 Å². The lowest BCUT2D eigenvalue weighted by molar-refractivity contribution is 0.0235. The zero-order valence-corrected chi connectivity index (χ0v) is 14.7. The number of aliphatic hydroxyl groups excluding tert-OH is 1. The van der Waals surface area contributed by atoms with Gasteiger partial charge in [0.2, 0.25) is 0 Å². The number of aromatic nitrogens is 1. The number of carbonyl (C=O) groups excluding carboxylic acids is 1. The van der Waals surface area contributed by atoms with Gasteiger partial charge < -0.3 is 20.5 Å². The Hall–Kier alpha value is -2.67. The minimum absolute atomic E-state index is 0.0485. The van der Waals surface area contributed by atoms with Gasteiger partial charge in [0, 0.05) is 18.8 Å². The Morgan fingerprint density at radius 2 is 2.12 bits per heavy atom.